The molecular weight excluding hydrogens is 274 g/mol. The highest BCUT2D eigenvalue weighted by Crippen LogP contribution is 2.55. The lowest BCUT2D eigenvalue weighted by molar-refractivity contribution is -0.123. The van der Waals surface area contributed by atoms with E-state index in [-0.39, 0.29) is 18.4 Å². The molecule has 1 amide bonds. The average molecular weight is 294 g/mol. The molecule has 3 unspecified atom stereocenters. The molecule has 0 spiro atoms. The molecule has 0 saturated heterocycles. The summed E-state index contributed by atoms with van der Waals surface area (Å²) in [6.45, 7) is 0.274. The summed E-state index contributed by atoms with van der Waals surface area (Å²) in [5, 5.41) is 13.6. The van der Waals surface area contributed by atoms with Crippen molar-refractivity contribution in [2.24, 2.45) is 17.8 Å². The van der Waals surface area contributed by atoms with Crippen molar-refractivity contribution >= 4 is 17.5 Å². The third kappa shape index (κ3) is 2.84. The summed E-state index contributed by atoms with van der Waals surface area (Å²) < 4.78 is 0. The van der Waals surface area contributed by atoms with E-state index in [1.165, 1.54) is 25.7 Å². The van der Waals surface area contributed by atoms with E-state index in [0.29, 0.717) is 16.9 Å². The average Bonchev–Trinajstić information content (AvgIpc) is 3.19. The van der Waals surface area contributed by atoms with Crippen LogP contribution in [-0.2, 0) is 4.79 Å². The van der Waals surface area contributed by atoms with Gasteiger partial charge in [-0.1, -0.05) is 36.6 Å². The molecule has 0 aliphatic heterocycles. The fourth-order valence-electron chi connectivity index (χ4n) is 3.50. The quantitative estimate of drug-likeness (QED) is 0.897. The fourth-order valence-corrected chi connectivity index (χ4v) is 3.63. The zero-order valence-corrected chi connectivity index (χ0v) is 12.1. The van der Waals surface area contributed by atoms with Gasteiger partial charge in [-0.2, -0.15) is 0 Å². The summed E-state index contributed by atoms with van der Waals surface area (Å²) >= 11 is 5.81. The van der Waals surface area contributed by atoms with Crippen LogP contribution in [0.3, 0.4) is 0 Å². The number of benzene rings is 1. The van der Waals surface area contributed by atoms with Crippen LogP contribution in [-0.4, -0.2) is 17.6 Å². The molecule has 108 valence electrons. The number of hydrogen-bond acceptors (Lipinski definition) is 2. The number of amides is 1. The van der Waals surface area contributed by atoms with Crippen LogP contribution >= 0.6 is 11.6 Å². The molecule has 4 heteroatoms. The highest BCUT2D eigenvalue weighted by atomic mass is 35.5. The Balaban J connectivity index is 1.49. The molecule has 0 bridgehead atoms. The number of carbonyl (C=O) groups excluding carboxylic acids is 1. The van der Waals surface area contributed by atoms with Gasteiger partial charge in [0.15, 0.2) is 0 Å². The molecule has 2 fully saturated rings. The van der Waals surface area contributed by atoms with Crippen molar-refractivity contribution in [1.82, 2.24) is 5.32 Å². The number of halogens is 1. The predicted molar refractivity (Wildman–Crippen MR) is 78.4 cm³/mol. The van der Waals surface area contributed by atoms with Crippen LogP contribution in [0.2, 0.25) is 5.02 Å². The van der Waals surface area contributed by atoms with E-state index >= 15 is 0 Å². The van der Waals surface area contributed by atoms with Gasteiger partial charge in [-0.05, 0) is 42.4 Å². The van der Waals surface area contributed by atoms with E-state index in [1.807, 2.05) is 0 Å². The molecule has 20 heavy (non-hydrogen) atoms. The van der Waals surface area contributed by atoms with Gasteiger partial charge in [0.2, 0.25) is 5.91 Å². The third-order valence-electron chi connectivity index (χ3n) is 4.68. The minimum Gasteiger partial charge on any atom is -0.387 e. The highest BCUT2D eigenvalue weighted by Gasteiger charge is 2.54. The SMILES string of the molecule is O=C(NCC(O)c1ccc(Cl)cc1)C1C2CCCCC21. The van der Waals surface area contributed by atoms with Gasteiger partial charge in [0.25, 0.3) is 0 Å². The van der Waals surface area contributed by atoms with Crippen LogP contribution in [0.1, 0.15) is 37.4 Å². The molecule has 3 rings (SSSR count). The molecule has 2 aliphatic rings. The second kappa shape index (κ2) is 5.74. The molecule has 0 heterocycles. The Morgan fingerprint density at radius 1 is 1.25 bits per heavy atom. The monoisotopic (exact) mass is 293 g/mol. The summed E-state index contributed by atoms with van der Waals surface area (Å²) in [7, 11) is 0. The molecule has 3 atom stereocenters. The minimum absolute atomic E-state index is 0.120. The number of fused-ring (bicyclic) bond motifs is 1. The van der Waals surface area contributed by atoms with Gasteiger partial charge >= 0.3 is 0 Å². The van der Waals surface area contributed by atoms with Crippen LogP contribution in [0.4, 0.5) is 0 Å². The van der Waals surface area contributed by atoms with Gasteiger partial charge in [-0.3, -0.25) is 4.79 Å². The molecule has 2 aliphatic carbocycles. The maximum atomic E-state index is 12.1. The number of carbonyl (C=O) groups is 1. The first-order valence-corrected chi connectivity index (χ1v) is 7.76. The first kappa shape index (κ1) is 13.9. The standard InChI is InChI=1S/C16H20ClNO2/c17-11-7-5-10(6-8-11)14(19)9-18-16(20)15-12-3-1-2-4-13(12)15/h5-8,12-15,19H,1-4,9H2,(H,18,20). The summed E-state index contributed by atoms with van der Waals surface area (Å²) in [5.74, 6) is 1.54. The molecule has 0 radical (unpaired) electrons. The van der Waals surface area contributed by atoms with Gasteiger partial charge < -0.3 is 10.4 Å². The number of nitrogens with one attached hydrogen (secondary N) is 1. The fraction of sp³-hybridized carbons (Fsp3) is 0.562. The molecule has 1 aromatic rings. The van der Waals surface area contributed by atoms with Crippen molar-refractivity contribution in [2.75, 3.05) is 6.54 Å². The van der Waals surface area contributed by atoms with Crippen molar-refractivity contribution in [3.8, 4) is 0 Å². The molecule has 2 N–H and O–H groups in total. The van der Waals surface area contributed by atoms with Crippen molar-refractivity contribution in [1.29, 1.82) is 0 Å². The Kier molecular flexibility index (Phi) is 3.99. The summed E-state index contributed by atoms with van der Waals surface area (Å²) in [4.78, 5) is 12.1. The molecule has 0 aromatic heterocycles. The van der Waals surface area contributed by atoms with Gasteiger partial charge in [0.05, 0.1) is 6.10 Å². The van der Waals surface area contributed by atoms with Crippen LogP contribution in [0.5, 0.6) is 0 Å². The Labute approximate surface area is 124 Å². The zero-order valence-electron chi connectivity index (χ0n) is 11.4. The van der Waals surface area contributed by atoms with Crippen molar-refractivity contribution in [2.45, 2.75) is 31.8 Å². The van der Waals surface area contributed by atoms with Gasteiger partial charge in [-0.15, -0.1) is 0 Å². The zero-order chi connectivity index (χ0) is 14.1. The number of hydrogen-bond donors (Lipinski definition) is 2. The number of aliphatic hydroxyl groups is 1. The van der Waals surface area contributed by atoms with E-state index in [2.05, 4.69) is 5.32 Å². The lowest BCUT2D eigenvalue weighted by Crippen LogP contribution is -2.30. The van der Waals surface area contributed by atoms with E-state index in [4.69, 9.17) is 11.6 Å². The summed E-state index contributed by atoms with van der Waals surface area (Å²) in [5.41, 5.74) is 0.780. The van der Waals surface area contributed by atoms with Gasteiger partial charge in [0, 0.05) is 17.5 Å². The lowest BCUT2D eigenvalue weighted by atomic mass is 10.0. The van der Waals surface area contributed by atoms with E-state index in [0.717, 1.165) is 5.56 Å². The van der Waals surface area contributed by atoms with Crippen LogP contribution in [0, 0.1) is 17.8 Å². The highest BCUT2D eigenvalue weighted by molar-refractivity contribution is 6.30. The molecule has 3 nitrogen and oxygen atoms in total. The summed E-state index contributed by atoms with van der Waals surface area (Å²) in [6.07, 6.45) is 4.25. The first-order chi connectivity index (χ1) is 9.66. The maximum absolute atomic E-state index is 12.1. The maximum Gasteiger partial charge on any atom is 0.223 e. The van der Waals surface area contributed by atoms with E-state index in [1.54, 1.807) is 24.3 Å². The van der Waals surface area contributed by atoms with Gasteiger partial charge in [-0.25, -0.2) is 0 Å². The molecule has 2 saturated carbocycles. The van der Waals surface area contributed by atoms with Crippen LogP contribution in [0.25, 0.3) is 0 Å². The first-order valence-electron chi connectivity index (χ1n) is 7.38. The van der Waals surface area contributed by atoms with Crippen molar-refractivity contribution < 1.29 is 9.90 Å². The minimum atomic E-state index is -0.669. The van der Waals surface area contributed by atoms with Crippen LogP contribution in [0.15, 0.2) is 24.3 Å². The Bertz CT molecular complexity index is 476. The topological polar surface area (TPSA) is 49.3 Å². The Morgan fingerprint density at radius 3 is 2.45 bits per heavy atom. The smallest absolute Gasteiger partial charge is 0.223 e. The van der Waals surface area contributed by atoms with Crippen LogP contribution < -0.4 is 5.32 Å². The largest absolute Gasteiger partial charge is 0.387 e. The number of rotatable bonds is 4. The van der Waals surface area contributed by atoms with Crippen molar-refractivity contribution in [3.05, 3.63) is 34.9 Å². The molecule has 1 aromatic carbocycles. The lowest BCUT2D eigenvalue weighted by Gasteiger charge is -2.12. The third-order valence-corrected chi connectivity index (χ3v) is 4.94. The van der Waals surface area contributed by atoms with E-state index < -0.39 is 6.10 Å². The predicted octanol–water partition coefficient (Wildman–Crippen LogP) is 2.93. The number of aliphatic hydroxyl groups excluding tert-OH is 1. The second-order valence-electron chi connectivity index (χ2n) is 5.95. The van der Waals surface area contributed by atoms with Gasteiger partial charge in [0.1, 0.15) is 0 Å². The summed E-state index contributed by atoms with van der Waals surface area (Å²) in [6, 6.07) is 7.07. The Hall–Kier alpha value is -1.06. The molecular formula is C16H20ClNO2. The normalized spacial score (nSPS) is 29.4. The second-order valence-corrected chi connectivity index (χ2v) is 6.39. The Morgan fingerprint density at radius 2 is 1.85 bits per heavy atom. The van der Waals surface area contributed by atoms with E-state index in [9.17, 15) is 9.90 Å². The van der Waals surface area contributed by atoms with Crippen molar-refractivity contribution in [3.63, 3.8) is 0 Å².